The van der Waals surface area contributed by atoms with Gasteiger partial charge in [0.15, 0.2) is 6.20 Å². The van der Waals surface area contributed by atoms with Crippen molar-refractivity contribution < 1.29 is 56.4 Å². The Hall–Kier alpha value is -2.66. The smallest absolute Gasteiger partial charge is 0.256 e. The Balaban J connectivity index is 0.000000220. The van der Waals surface area contributed by atoms with Gasteiger partial charge < -0.3 is 0 Å². The summed E-state index contributed by atoms with van der Waals surface area (Å²) in [5, 5.41) is 0. The van der Waals surface area contributed by atoms with Crippen molar-refractivity contribution in [3.63, 3.8) is 0 Å². The normalized spacial score (nSPS) is 9.78. The van der Waals surface area contributed by atoms with Crippen LogP contribution >= 0.6 is 0 Å². The molecule has 0 saturated heterocycles. The standard InChI is InChI=1S/C17H12N.C11H9N.C6H12.K/c1-3-7-14(8-4-1)16-11-12-17(18-13-16)15-9-5-2-6-10-15;1-2-6-10(7-3-1)11-8-4-5-9-12-11;1-3-5-6-4-2;/h1-9,11-13H;1-9H;5-6H,3-4H2,1-2H3;/q-1;;;+1/p+1. The van der Waals surface area contributed by atoms with Crippen molar-refractivity contribution in [2.75, 3.05) is 0 Å². The second-order valence-corrected chi connectivity index (χ2v) is 8.00. The maximum Gasteiger partial charge on any atom is 1.00 e. The molecule has 37 heavy (non-hydrogen) atoms. The van der Waals surface area contributed by atoms with Crippen molar-refractivity contribution in [1.29, 1.82) is 0 Å². The Kier molecular flexibility index (Phi) is 15.3. The van der Waals surface area contributed by atoms with Gasteiger partial charge in [0.25, 0.3) is 0 Å². The molecule has 1 N–H and O–H groups in total. The SMILES string of the molecule is CCC=CCC.[K+].[c-]1ccccc1-c1ccc(-c2ccccc2)c[nH+]1.c1ccc(-c2ccccn2)cc1. The maximum atomic E-state index is 4.25. The fourth-order valence-electron chi connectivity index (χ4n) is 3.44. The second-order valence-electron chi connectivity index (χ2n) is 8.00. The molecule has 0 radical (unpaired) electrons. The first-order valence-corrected chi connectivity index (χ1v) is 12.5. The van der Waals surface area contributed by atoms with E-state index in [-0.39, 0.29) is 51.4 Å². The molecule has 5 aromatic rings. The fourth-order valence-corrected chi connectivity index (χ4v) is 3.44. The number of pyridine rings is 2. The monoisotopic (exact) mass is 509 g/mol. The number of H-pyrrole nitrogens is 1. The fraction of sp³-hybridized carbons (Fsp3) is 0.118. The molecule has 0 bridgehead atoms. The van der Waals surface area contributed by atoms with E-state index in [2.05, 4.69) is 78.4 Å². The van der Waals surface area contributed by atoms with Crippen molar-refractivity contribution in [1.82, 2.24) is 4.98 Å². The predicted molar refractivity (Wildman–Crippen MR) is 152 cm³/mol. The van der Waals surface area contributed by atoms with Crippen LogP contribution in [0.2, 0.25) is 0 Å². The van der Waals surface area contributed by atoms with Crippen LogP contribution in [0.25, 0.3) is 33.6 Å². The van der Waals surface area contributed by atoms with Crippen molar-refractivity contribution in [2.24, 2.45) is 0 Å². The molecule has 0 unspecified atom stereocenters. The van der Waals surface area contributed by atoms with E-state index in [9.17, 15) is 0 Å². The van der Waals surface area contributed by atoms with Gasteiger partial charge in [0.2, 0.25) is 0 Å². The van der Waals surface area contributed by atoms with Crippen LogP contribution in [-0.2, 0) is 0 Å². The zero-order chi connectivity index (χ0) is 25.3. The molecule has 0 saturated carbocycles. The average molecular weight is 510 g/mol. The van der Waals surface area contributed by atoms with Crippen LogP contribution in [-0.4, -0.2) is 4.98 Å². The number of hydrogen-bond acceptors (Lipinski definition) is 1. The Morgan fingerprint density at radius 1 is 0.649 bits per heavy atom. The van der Waals surface area contributed by atoms with Gasteiger partial charge in [0, 0.05) is 17.3 Å². The largest absolute Gasteiger partial charge is 1.00 e. The van der Waals surface area contributed by atoms with E-state index in [1.54, 1.807) is 0 Å². The summed E-state index contributed by atoms with van der Waals surface area (Å²) in [6.07, 6.45) is 10.6. The van der Waals surface area contributed by atoms with Gasteiger partial charge in [-0.15, -0.1) is 30.3 Å². The summed E-state index contributed by atoms with van der Waals surface area (Å²) in [4.78, 5) is 7.57. The van der Waals surface area contributed by atoms with Crippen LogP contribution in [0.15, 0.2) is 140 Å². The minimum absolute atomic E-state index is 0. The Morgan fingerprint density at radius 3 is 1.78 bits per heavy atom. The van der Waals surface area contributed by atoms with Crippen LogP contribution < -0.4 is 56.4 Å². The van der Waals surface area contributed by atoms with Gasteiger partial charge in [-0.1, -0.05) is 104 Å². The molecule has 2 aromatic heterocycles. The maximum absolute atomic E-state index is 4.25. The summed E-state index contributed by atoms with van der Waals surface area (Å²) in [6, 6.07) is 41.8. The second kappa shape index (κ2) is 18.6. The Bertz CT molecular complexity index is 1150. The van der Waals surface area contributed by atoms with Crippen LogP contribution in [0.3, 0.4) is 0 Å². The van der Waals surface area contributed by atoms with E-state index < -0.39 is 0 Å². The Morgan fingerprint density at radius 2 is 1.27 bits per heavy atom. The Labute approximate surface area is 265 Å². The van der Waals surface area contributed by atoms with Crippen LogP contribution in [0.4, 0.5) is 0 Å². The summed E-state index contributed by atoms with van der Waals surface area (Å²) >= 11 is 0. The van der Waals surface area contributed by atoms with Crippen molar-refractivity contribution in [3.05, 3.63) is 146 Å². The van der Waals surface area contributed by atoms with Gasteiger partial charge in [0.1, 0.15) is 5.69 Å². The van der Waals surface area contributed by atoms with Crippen molar-refractivity contribution in [2.45, 2.75) is 26.7 Å². The molecule has 180 valence electrons. The third kappa shape index (κ3) is 11.1. The molecule has 0 atom stereocenters. The average Bonchev–Trinajstić information content (AvgIpc) is 2.99. The molecule has 5 rings (SSSR count). The molecule has 0 aliphatic heterocycles. The summed E-state index contributed by atoms with van der Waals surface area (Å²) in [6.45, 7) is 4.29. The van der Waals surface area contributed by atoms with E-state index in [1.807, 2.05) is 91.3 Å². The summed E-state index contributed by atoms with van der Waals surface area (Å²) in [7, 11) is 0. The first kappa shape index (κ1) is 30.6. The van der Waals surface area contributed by atoms with Crippen LogP contribution in [0.1, 0.15) is 26.7 Å². The number of nitrogens with zero attached hydrogens (tertiary/aromatic N) is 1. The molecule has 3 aromatic carbocycles. The number of aromatic amines is 1. The van der Waals surface area contributed by atoms with Crippen LogP contribution in [0.5, 0.6) is 0 Å². The number of rotatable bonds is 5. The minimum Gasteiger partial charge on any atom is -0.256 e. The summed E-state index contributed by atoms with van der Waals surface area (Å²) in [5.74, 6) is 0. The van der Waals surface area contributed by atoms with Gasteiger partial charge in [-0.25, -0.2) is 0 Å². The van der Waals surface area contributed by atoms with E-state index in [4.69, 9.17) is 0 Å². The molecule has 2 nitrogen and oxygen atoms in total. The van der Waals surface area contributed by atoms with Gasteiger partial charge in [0.05, 0.1) is 5.69 Å². The first-order valence-electron chi connectivity index (χ1n) is 12.5. The molecule has 0 fully saturated rings. The van der Waals surface area contributed by atoms with Gasteiger partial charge in [-0.3, -0.25) is 9.97 Å². The van der Waals surface area contributed by atoms with Crippen molar-refractivity contribution in [3.8, 4) is 33.6 Å². The molecule has 0 amide bonds. The first-order chi connectivity index (χ1) is 17.8. The molecule has 0 aliphatic carbocycles. The number of nitrogens with one attached hydrogen (secondary N) is 1. The summed E-state index contributed by atoms with van der Waals surface area (Å²) < 4.78 is 0. The van der Waals surface area contributed by atoms with E-state index in [1.165, 1.54) is 24.0 Å². The zero-order valence-electron chi connectivity index (χ0n) is 22.1. The molecule has 2 heterocycles. The number of allylic oxidation sites excluding steroid dienone is 2. The van der Waals surface area contributed by atoms with E-state index in [0.717, 1.165) is 22.5 Å². The summed E-state index contributed by atoms with van der Waals surface area (Å²) in [5.41, 5.74) is 6.76. The molecule has 3 heteroatoms. The quantitative estimate of drug-likeness (QED) is 0.168. The zero-order valence-corrected chi connectivity index (χ0v) is 25.3. The molecule has 0 spiro atoms. The molecular formula is C34H34KN2+. The number of hydrogen-bond donors (Lipinski definition) is 0. The van der Waals surface area contributed by atoms with E-state index >= 15 is 0 Å². The third-order valence-electron chi connectivity index (χ3n) is 5.29. The minimum atomic E-state index is 0. The van der Waals surface area contributed by atoms with Gasteiger partial charge in [-0.05, 0) is 36.6 Å². The molecule has 0 aliphatic rings. The van der Waals surface area contributed by atoms with Crippen molar-refractivity contribution >= 4 is 0 Å². The van der Waals surface area contributed by atoms with Crippen LogP contribution in [0, 0.1) is 6.07 Å². The number of aromatic nitrogens is 2. The molecular weight excluding hydrogens is 475 g/mol. The van der Waals surface area contributed by atoms with Gasteiger partial charge in [-0.2, -0.15) is 0 Å². The topological polar surface area (TPSA) is 27.0 Å². The number of benzene rings is 3. The predicted octanol–water partition coefficient (Wildman–Crippen LogP) is 5.75. The third-order valence-corrected chi connectivity index (χ3v) is 5.29. The van der Waals surface area contributed by atoms with E-state index in [0.29, 0.717) is 0 Å². The van der Waals surface area contributed by atoms with Gasteiger partial charge >= 0.3 is 51.4 Å².